The molecule has 0 amide bonds. The number of aliphatic hydroxyl groups is 1. The zero-order chi connectivity index (χ0) is 13.1. The van der Waals surface area contributed by atoms with Gasteiger partial charge < -0.3 is 9.84 Å². The van der Waals surface area contributed by atoms with Crippen LogP contribution in [-0.4, -0.2) is 39.9 Å². The summed E-state index contributed by atoms with van der Waals surface area (Å²) in [6, 6.07) is 0. The maximum atomic E-state index is 12.3. The molecule has 98 valence electrons. The molecule has 0 radical (unpaired) electrons. The molecule has 0 saturated carbocycles. The van der Waals surface area contributed by atoms with Gasteiger partial charge in [-0.25, -0.2) is 9.69 Å². The average molecular weight is 241 g/mol. The summed E-state index contributed by atoms with van der Waals surface area (Å²) in [5.74, 6) is -0.262. The molecule has 2 saturated heterocycles. The number of cyclic esters (lactones) is 1. The molecule has 0 aliphatic carbocycles. The minimum atomic E-state index is -1.07. The van der Waals surface area contributed by atoms with E-state index in [-0.39, 0.29) is 17.6 Å². The first-order valence-electron chi connectivity index (χ1n) is 6.31. The smallest absolute Gasteiger partial charge is 0.331 e. The van der Waals surface area contributed by atoms with Crippen molar-refractivity contribution in [1.82, 2.24) is 4.90 Å². The first-order chi connectivity index (χ1) is 7.61. The Kier molecular flexibility index (Phi) is 2.61. The molecule has 1 N–H and O–H groups in total. The zero-order valence-corrected chi connectivity index (χ0v) is 11.4. The maximum absolute atomic E-state index is 12.3. The number of ether oxygens (including phenoxy) is 1. The molecule has 4 heteroatoms. The Bertz CT molecular complexity index is 340. The van der Waals surface area contributed by atoms with E-state index in [0.717, 1.165) is 13.0 Å². The fourth-order valence-electron chi connectivity index (χ4n) is 3.19. The van der Waals surface area contributed by atoms with Gasteiger partial charge in [0.2, 0.25) is 0 Å². The highest BCUT2D eigenvalue weighted by Crippen LogP contribution is 2.48. The van der Waals surface area contributed by atoms with Gasteiger partial charge in [-0.15, -0.1) is 0 Å². The van der Waals surface area contributed by atoms with Gasteiger partial charge in [0.25, 0.3) is 0 Å². The van der Waals surface area contributed by atoms with Crippen LogP contribution in [0.5, 0.6) is 0 Å². The van der Waals surface area contributed by atoms with Crippen molar-refractivity contribution in [3.63, 3.8) is 0 Å². The van der Waals surface area contributed by atoms with Crippen LogP contribution in [0.25, 0.3) is 0 Å². The van der Waals surface area contributed by atoms with Crippen LogP contribution in [-0.2, 0) is 9.53 Å². The molecule has 2 heterocycles. The van der Waals surface area contributed by atoms with Crippen LogP contribution in [0.2, 0.25) is 0 Å². The second-order valence-electron chi connectivity index (χ2n) is 6.84. The molecule has 4 nitrogen and oxygen atoms in total. The van der Waals surface area contributed by atoms with Gasteiger partial charge in [-0.05, 0) is 26.7 Å². The molecule has 0 bridgehead atoms. The maximum Gasteiger partial charge on any atom is 0.331 e. The van der Waals surface area contributed by atoms with Gasteiger partial charge in [0, 0.05) is 12.0 Å². The zero-order valence-electron chi connectivity index (χ0n) is 11.4. The number of hydrogen-bond donors (Lipinski definition) is 1. The van der Waals surface area contributed by atoms with Crippen molar-refractivity contribution in [2.75, 3.05) is 6.54 Å². The molecule has 0 aromatic rings. The normalized spacial score (nSPS) is 34.9. The van der Waals surface area contributed by atoms with Crippen molar-refractivity contribution >= 4 is 5.97 Å². The van der Waals surface area contributed by atoms with E-state index in [0.29, 0.717) is 6.42 Å². The largest absolute Gasteiger partial charge is 0.444 e. The lowest BCUT2D eigenvalue weighted by molar-refractivity contribution is -0.154. The quantitative estimate of drug-likeness (QED) is 0.707. The Morgan fingerprint density at radius 3 is 2.41 bits per heavy atom. The van der Waals surface area contributed by atoms with Crippen LogP contribution in [0.1, 0.15) is 47.5 Å². The van der Waals surface area contributed by atoms with Crippen LogP contribution < -0.4 is 0 Å². The third kappa shape index (κ3) is 1.61. The third-order valence-corrected chi connectivity index (χ3v) is 4.02. The molecule has 2 aliphatic rings. The minimum absolute atomic E-state index is 0.132. The fourth-order valence-corrected chi connectivity index (χ4v) is 3.19. The summed E-state index contributed by atoms with van der Waals surface area (Å²) >= 11 is 0. The van der Waals surface area contributed by atoms with E-state index in [1.165, 1.54) is 0 Å². The van der Waals surface area contributed by atoms with E-state index in [1.807, 2.05) is 0 Å². The number of esters is 1. The highest BCUT2D eigenvalue weighted by Gasteiger charge is 2.66. The first-order valence-corrected chi connectivity index (χ1v) is 6.31. The van der Waals surface area contributed by atoms with Gasteiger partial charge in [0.05, 0.1) is 5.60 Å². The summed E-state index contributed by atoms with van der Waals surface area (Å²) < 4.78 is 5.55. The van der Waals surface area contributed by atoms with Gasteiger partial charge in [-0.3, -0.25) is 0 Å². The summed E-state index contributed by atoms with van der Waals surface area (Å²) in [5.41, 5.74) is -2.04. The molecule has 0 spiro atoms. The van der Waals surface area contributed by atoms with Crippen molar-refractivity contribution in [3.8, 4) is 0 Å². The molecule has 2 fully saturated rings. The SMILES string of the molecule is CC(C)(C)C1OC(=O)C2(C(C)(C)O)CCCN12. The number of carbonyl (C=O) groups excluding carboxylic acids is 1. The van der Waals surface area contributed by atoms with Gasteiger partial charge in [0.1, 0.15) is 0 Å². The van der Waals surface area contributed by atoms with Crippen molar-refractivity contribution in [1.29, 1.82) is 0 Å². The molecular formula is C13H23NO3. The van der Waals surface area contributed by atoms with E-state index in [4.69, 9.17) is 4.74 Å². The van der Waals surface area contributed by atoms with Gasteiger partial charge in [0.15, 0.2) is 11.8 Å². The number of hydrogen-bond acceptors (Lipinski definition) is 4. The predicted molar refractivity (Wildman–Crippen MR) is 64.3 cm³/mol. The Balaban J connectivity index is 2.44. The first kappa shape index (κ1) is 12.8. The van der Waals surface area contributed by atoms with Crippen LogP contribution in [0.4, 0.5) is 0 Å². The van der Waals surface area contributed by atoms with Gasteiger partial charge in [-0.2, -0.15) is 0 Å². The topological polar surface area (TPSA) is 49.8 Å². The lowest BCUT2D eigenvalue weighted by Gasteiger charge is -2.41. The third-order valence-electron chi connectivity index (χ3n) is 4.02. The second-order valence-corrected chi connectivity index (χ2v) is 6.84. The van der Waals surface area contributed by atoms with E-state index >= 15 is 0 Å². The summed E-state index contributed by atoms with van der Waals surface area (Å²) in [7, 11) is 0. The van der Waals surface area contributed by atoms with Crippen molar-refractivity contribution in [2.45, 2.75) is 64.8 Å². The molecule has 0 aromatic carbocycles. The lowest BCUT2D eigenvalue weighted by Crippen LogP contribution is -2.61. The number of nitrogens with zero attached hydrogens (tertiary/aromatic N) is 1. The standard InChI is InChI=1S/C13H23NO3/c1-11(2,3)9-14-8-6-7-13(14,10(15)17-9)12(4,5)16/h9,16H,6-8H2,1-5H3. The fraction of sp³-hybridized carbons (Fsp3) is 0.923. The van der Waals surface area contributed by atoms with Gasteiger partial charge in [-0.1, -0.05) is 20.8 Å². The van der Waals surface area contributed by atoms with Crippen molar-refractivity contribution in [3.05, 3.63) is 0 Å². The molecule has 17 heavy (non-hydrogen) atoms. The van der Waals surface area contributed by atoms with E-state index in [9.17, 15) is 9.90 Å². The van der Waals surface area contributed by atoms with Crippen LogP contribution in [0, 0.1) is 5.41 Å². The number of carbonyl (C=O) groups is 1. The van der Waals surface area contributed by atoms with E-state index in [1.54, 1.807) is 13.8 Å². The summed E-state index contributed by atoms with van der Waals surface area (Å²) in [6.07, 6.45) is 1.39. The van der Waals surface area contributed by atoms with E-state index < -0.39 is 11.1 Å². The Morgan fingerprint density at radius 1 is 1.35 bits per heavy atom. The predicted octanol–water partition coefficient (Wildman–Crippen LogP) is 1.52. The molecule has 2 atom stereocenters. The summed E-state index contributed by atoms with van der Waals surface area (Å²) in [5, 5.41) is 10.4. The molecule has 2 rings (SSSR count). The lowest BCUT2D eigenvalue weighted by atomic mass is 9.80. The van der Waals surface area contributed by atoms with Crippen molar-refractivity contribution in [2.24, 2.45) is 5.41 Å². The monoisotopic (exact) mass is 241 g/mol. The second kappa shape index (κ2) is 3.45. The van der Waals surface area contributed by atoms with Gasteiger partial charge >= 0.3 is 5.97 Å². The van der Waals surface area contributed by atoms with E-state index in [2.05, 4.69) is 25.7 Å². The molecule has 2 unspecified atom stereocenters. The van der Waals surface area contributed by atoms with Crippen LogP contribution in [0.15, 0.2) is 0 Å². The summed E-state index contributed by atoms with van der Waals surface area (Å²) in [6.45, 7) is 10.4. The molecular weight excluding hydrogens is 218 g/mol. The Hall–Kier alpha value is -0.610. The average Bonchev–Trinajstić information content (AvgIpc) is 2.63. The highest BCUT2D eigenvalue weighted by molar-refractivity contribution is 5.85. The number of fused-ring (bicyclic) bond motifs is 1. The van der Waals surface area contributed by atoms with Crippen molar-refractivity contribution < 1.29 is 14.6 Å². The Morgan fingerprint density at radius 2 is 1.94 bits per heavy atom. The minimum Gasteiger partial charge on any atom is -0.444 e. The summed E-state index contributed by atoms with van der Waals surface area (Å²) in [4.78, 5) is 14.3. The molecule has 0 aromatic heterocycles. The van der Waals surface area contributed by atoms with Crippen LogP contribution >= 0.6 is 0 Å². The Labute approximate surface area is 103 Å². The molecule has 2 aliphatic heterocycles. The number of rotatable bonds is 1. The van der Waals surface area contributed by atoms with Crippen LogP contribution in [0.3, 0.4) is 0 Å². The highest BCUT2D eigenvalue weighted by atomic mass is 16.6.